The van der Waals surface area contributed by atoms with E-state index in [1.54, 1.807) is 16.4 Å². The Morgan fingerprint density at radius 2 is 1.77 bits per heavy atom. The highest BCUT2D eigenvalue weighted by molar-refractivity contribution is 7.89. The number of halogens is 1. The Morgan fingerprint density at radius 1 is 1.10 bits per heavy atom. The Labute approximate surface area is 185 Å². The number of hydrogen-bond donors (Lipinski definition) is 0. The zero-order valence-electron chi connectivity index (χ0n) is 18.9. The summed E-state index contributed by atoms with van der Waals surface area (Å²) in [7, 11) is -3.21. The van der Waals surface area contributed by atoms with Crippen molar-refractivity contribution in [3.8, 4) is 0 Å². The fraction of sp³-hybridized carbons (Fsp3) is 0.565. The predicted molar refractivity (Wildman–Crippen MR) is 122 cm³/mol. The number of aryl methyl sites for hydroxylation is 1. The lowest BCUT2D eigenvalue weighted by atomic mass is 10.0. The Hall–Kier alpha value is -2.06. The first-order valence-electron chi connectivity index (χ1n) is 11.0. The normalized spacial score (nSPS) is 15.6. The van der Waals surface area contributed by atoms with Crippen LogP contribution in [-0.4, -0.2) is 54.6 Å². The van der Waals surface area contributed by atoms with Gasteiger partial charge in [-0.2, -0.15) is 4.31 Å². The second-order valence-corrected chi connectivity index (χ2v) is 10.7. The summed E-state index contributed by atoms with van der Waals surface area (Å²) in [4.78, 5) is 11.7. The minimum absolute atomic E-state index is 0.177. The number of rotatable bonds is 8. The second kappa shape index (κ2) is 10.0. The molecule has 0 unspecified atom stereocenters. The molecule has 0 amide bonds. The van der Waals surface area contributed by atoms with E-state index in [-0.39, 0.29) is 11.6 Å². The number of sulfonamides is 1. The molecule has 1 fully saturated rings. The quantitative estimate of drug-likeness (QED) is 0.618. The maximum absolute atomic E-state index is 14.4. The summed E-state index contributed by atoms with van der Waals surface area (Å²) in [5.41, 5.74) is 2.36. The SMILES string of the molecule is CCCS(=O)(=O)N1CCN(c2nc(CC(C)C)nc(C)c2Cc2ccccc2F)CC1. The molecule has 31 heavy (non-hydrogen) atoms. The van der Waals surface area contributed by atoms with E-state index in [0.29, 0.717) is 50.5 Å². The number of aromatic nitrogens is 2. The molecule has 2 aromatic rings. The third-order valence-electron chi connectivity index (χ3n) is 5.55. The van der Waals surface area contributed by atoms with E-state index in [9.17, 15) is 12.8 Å². The average Bonchev–Trinajstić information content (AvgIpc) is 2.71. The molecule has 1 aromatic carbocycles. The van der Waals surface area contributed by atoms with Crippen molar-refractivity contribution in [2.45, 2.75) is 47.0 Å². The Morgan fingerprint density at radius 3 is 2.39 bits per heavy atom. The van der Waals surface area contributed by atoms with Crippen LogP contribution in [0.2, 0.25) is 0 Å². The molecule has 0 aliphatic carbocycles. The Bertz CT molecular complexity index is 1000. The van der Waals surface area contributed by atoms with Gasteiger partial charge in [0.2, 0.25) is 10.0 Å². The first-order chi connectivity index (χ1) is 14.7. The minimum Gasteiger partial charge on any atom is -0.354 e. The smallest absolute Gasteiger partial charge is 0.214 e. The van der Waals surface area contributed by atoms with Crippen LogP contribution in [0, 0.1) is 18.7 Å². The average molecular weight is 449 g/mol. The minimum atomic E-state index is -3.21. The molecule has 2 heterocycles. The van der Waals surface area contributed by atoms with Gasteiger partial charge in [0.15, 0.2) is 0 Å². The van der Waals surface area contributed by atoms with Crippen molar-refractivity contribution in [1.29, 1.82) is 0 Å². The van der Waals surface area contributed by atoms with Crippen LogP contribution in [-0.2, 0) is 22.9 Å². The van der Waals surface area contributed by atoms with Crippen molar-refractivity contribution in [2.75, 3.05) is 36.8 Å². The van der Waals surface area contributed by atoms with Crippen molar-refractivity contribution in [1.82, 2.24) is 14.3 Å². The summed E-state index contributed by atoms with van der Waals surface area (Å²) < 4.78 is 40.8. The van der Waals surface area contributed by atoms with Crippen molar-refractivity contribution < 1.29 is 12.8 Å². The number of hydrogen-bond acceptors (Lipinski definition) is 5. The summed E-state index contributed by atoms with van der Waals surface area (Å²) in [5, 5.41) is 0. The number of benzene rings is 1. The third-order valence-corrected chi connectivity index (χ3v) is 7.62. The van der Waals surface area contributed by atoms with E-state index in [1.165, 1.54) is 6.07 Å². The van der Waals surface area contributed by atoms with Gasteiger partial charge in [0, 0.05) is 50.3 Å². The first-order valence-corrected chi connectivity index (χ1v) is 12.6. The van der Waals surface area contributed by atoms with Crippen LogP contribution in [0.3, 0.4) is 0 Å². The predicted octanol–water partition coefficient (Wildman–Crippen LogP) is 3.58. The van der Waals surface area contributed by atoms with Gasteiger partial charge in [-0.3, -0.25) is 0 Å². The van der Waals surface area contributed by atoms with Crippen LogP contribution in [0.25, 0.3) is 0 Å². The van der Waals surface area contributed by atoms with Crippen LogP contribution in [0.5, 0.6) is 0 Å². The molecule has 0 saturated carbocycles. The van der Waals surface area contributed by atoms with Gasteiger partial charge in [0.25, 0.3) is 0 Å². The molecule has 0 N–H and O–H groups in total. The zero-order chi connectivity index (χ0) is 22.6. The Kier molecular flexibility index (Phi) is 7.64. The van der Waals surface area contributed by atoms with Gasteiger partial charge in [0.05, 0.1) is 5.75 Å². The molecular formula is C23H33FN4O2S. The molecule has 0 spiro atoms. The van der Waals surface area contributed by atoms with Crippen molar-refractivity contribution in [3.05, 3.63) is 52.7 Å². The highest BCUT2D eigenvalue weighted by Crippen LogP contribution is 2.27. The van der Waals surface area contributed by atoms with Gasteiger partial charge in [0.1, 0.15) is 17.5 Å². The van der Waals surface area contributed by atoms with Gasteiger partial charge in [-0.05, 0) is 30.9 Å². The maximum atomic E-state index is 14.4. The molecule has 6 nitrogen and oxygen atoms in total. The highest BCUT2D eigenvalue weighted by Gasteiger charge is 2.28. The van der Waals surface area contributed by atoms with E-state index in [2.05, 4.69) is 18.7 Å². The standard InChI is InChI=1S/C23H33FN4O2S/c1-5-14-31(29,30)28-12-10-27(11-13-28)23-20(16-19-8-6-7-9-21(19)24)18(4)25-22(26-23)15-17(2)3/h6-9,17H,5,10-16H2,1-4H3. The highest BCUT2D eigenvalue weighted by atomic mass is 32.2. The summed E-state index contributed by atoms with van der Waals surface area (Å²) in [6.07, 6.45) is 1.78. The Balaban J connectivity index is 1.92. The van der Waals surface area contributed by atoms with Crippen molar-refractivity contribution in [3.63, 3.8) is 0 Å². The molecule has 170 valence electrons. The molecule has 3 rings (SSSR count). The molecule has 8 heteroatoms. The van der Waals surface area contributed by atoms with Gasteiger partial charge in [-0.25, -0.2) is 22.8 Å². The van der Waals surface area contributed by atoms with Crippen LogP contribution in [0.15, 0.2) is 24.3 Å². The van der Waals surface area contributed by atoms with Gasteiger partial charge < -0.3 is 4.90 Å². The summed E-state index contributed by atoms with van der Waals surface area (Å²) >= 11 is 0. The first kappa shape index (κ1) is 23.6. The van der Waals surface area contributed by atoms with Crippen LogP contribution in [0.4, 0.5) is 10.2 Å². The van der Waals surface area contributed by atoms with E-state index in [1.807, 2.05) is 19.9 Å². The topological polar surface area (TPSA) is 66.4 Å². The van der Waals surface area contributed by atoms with E-state index in [0.717, 1.165) is 29.3 Å². The molecule has 1 saturated heterocycles. The van der Waals surface area contributed by atoms with Crippen molar-refractivity contribution >= 4 is 15.8 Å². The van der Waals surface area contributed by atoms with Crippen LogP contribution >= 0.6 is 0 Å². The lowest BCUT2D eigenvalue weighted by molar-refractivity contribution is 0.383. The monoisotopic (exact) mass is 448 g/mol. The van der Waals surface area contributed by atoms with E-state index >= 15 is 0 Å². The van der Waals surface area contributed by atoms with Crippen molar-refractivity contribution in [2.24, 2.45) is 5.92 Å². The lowest BCUT2D eigenvalue weighted by Crippen LogP contribution is -2.49. The number of anilines is 1. The lowest BCUT2D eigenvalue weighted by Gasteiger charge is -2.36. The molecular weight excluding hydrogens is 415 g/mol. The number of nitrogens with zero attached hydrogens (tertiary/aromatic N) is 4. The fourth-order valence-electron chi connectivity index (χ4n) is 3.96. The van der Waals surface area contributed by atoms with Crippen LogP contribution < -0.4 is 4.90 Å². The largest absolute Gasteiger partial charge is 0.354 e. The molecule has 1 aromatic heterocycles. The van der Waals surface area contributed by atoms with Gasteiger partial charge >= 0.3 is 0 Å². The maximum Gasteiger partial charge on any atom is 0.214 e. The van der Waals surface area contributed by atoms with Crippen LogP contribution in [0.1, 0.15) is 49.8 Å². The second-order valence-electron chi connectivity index (χ2n) is 8.60. The summed E-state index contributed by atoms with van der Waals surface area (Å²) in [6, 6.07) is 6.77. The zero-order valence-corrected chi connectivity index (χ0v) is 19.8. The fourth-order valence-corrected chi connectivity index (χ4v) is 5.45. The summed E-state index contributed by atoms with van der Waals surface area (Å²) in [6.45, 7) is 10.1. The molecule has 1 aliphatic rings. The molecule has 0 atom stereocenters. The van der Waals surface area contributed by atoms with Gasteiger partial charge in [-0.1, -0.05) is 39.0 Å². The molecule has 1 aliphatic heterocycles. The molecule has 0 bridgehead atoms. The number of piperazine rings is 1. The van der Waals surface area contributed by atoms with E-state index in [4.69, 9.17) is 9.97 Å². The molecule has 0 radical (unpaired) electrons. The third kappa shape index (κ3) is 5.80. The summed E-state index contributed by atoms with van der Waals surface area (Å²) in [5.74, 6) is 1.94. The van der Waals surface area contributed by atoms with Gasteiger partial charge in [-0.15, -0.1) is 0 Å². The van der Waals surface area contributed by atoms with E-state index < -0.39 is 10.0 Å².